The van der Waals surface area contributed by atoms with E-state index in [0.717, 1.165) is 19.5 Å². The number of halogens is 1. The Morgan fingerprint density at radius 1 is 1.32 bits per heavy atom. The van der Waals surface area contributed by atoms with Crippen molar-refractivity contribution in [1.29, 1.82) is 0 Å². The van der Waals surface area contributed by atoms with Gasteiger partial charge in [0.05, 0.1) is 5.56 Å². The number of benzene rings is 1. The Bertz CT molecular complexity index is 576. The summed E-state index contributed by atoms with van der Waals surface area (Å²) in [6.45, 7) is 1.45. The Kier molecular flexibility index (Phi) is 3.34. The lowest BCUT2D eigenvalue weighted by atomic mass is 9.92. The highest BCUT2D eigenvalue weighted by Crippen LogP contribution is 2.24. The van der Waals surface area contributed by atoms with Crippen molar-refractivity contribution in [2.75, 3.05) is 13.1 Å². The Morgan fingerprint density at radius 3 is 2.79 bits per heavy atom. The quantitative estimate of drug-likeness (QED) is 0.842. The molecule has 4 heteroatoms. The van der Waals surface area contributed by atoms with Gasteiger partial charge in [-0.05, 0) is 46.9 Å². The minimum atomic E-state index is -0.436. The summed E-state index contributed by atoms with van der Waals surface area (Å²) in [5, 5.41) is 4.21. The Hall–Kier alpha value is -1.68. The van der Waals surface area contributed by atoms with Crippen molar-refractivity contribution < 1.29 is 9.18 Å². The van der Waals surface area contributed by atoms with Gasteiger partial charge >= 0.3 is 0 Å². The van der Waals surface area contributed by atoms with Crippen LogP contribution in [-0.2, 0) is 6.42 Å². The lowest BCUT2D eigenvalue weighted by Gasteiger charge is -2.39. The van der Waals surface area contributed by atoms with Crippen LogP contribution < -0.4 is 0 Å². The Morgan fingerprint density at radius 2 is 2.11 bits per heavy atom. The first-order valence-electron chi connectivity index (χ1n) is 6.29. The molecule has 0 unspecified atom stereocenters. The highest BCUT2D eigenvalue weighted by molar-refractivity contribution is 7.07. The second-order valence-corrected chi connectivity index (χ2v) is 5.67. The maximum atomic E-state index is 13.5. The van der Waals surface area contributed by atoms with Gasteiger partial charge in [0.1, 0.15) is 5.82 Å². The zero-order valence-electron chi connectivity index (χ0n) is 10.4. The largest absolute Gasteiger partial charge is 0.338 e. The number of likely N-dealkylation sites (tertiary alicyclic amines) is 1. The number of hydrogen-bond donors (Lipinski definition) is 0. The van der Waals surface area contributed by atoms with Gasteiger partial charge in [0.2, 0.25) is 0 Å². The van der Waals surface area contributed by atoms with Crippen LogP contribution in [0.2, 0.25) is 0 Å². The van der Waals surface area contributed by atoms with Crippen LogP contribution in [0.4, 0.5) is 4.39 Å². The minimum Gasteiger partial charge on any atom is -0.338 e. The molecule has 1 aromatic carbocycles. The second-order valence-electron chi connectivity index (χ2n) is 4.89. The van der Waals surface area contributed by atoms with Crippen LogP contribution in [0.15, 0.2) is 41.1 Å². The van der Waals surface area contributed by atoms with Crippen molar-refractivity contribution in [3.8, 4) is 0 Å². The third-order valence-corrected chi connectivity index (χ3v) is 4.19. The van der Waals surface area contributed by atoms with Gasteiger partial charge < -0.3 is 4.90 Å². The zero-order valence-corrected chi connectivity index (χ0v) is 11.2. The molecule has 1 fully saturated rings. The summed E-state index contributed by atoms with van der Waals surface area (Å²) in [7, 11) is 0. The number of carbonyl (C=O) groups excluding carboxylic acids is 1. The second kappa shape index (κ2) is 5.13. The third-order valence-electron chi connectivity index (χ3n) is 3.45. The van der Waals surface area contributed by atoms with Crippen molar-refractivity contribution >= 4 is 17.2 Å². The van der Waals surface area contributed by atoms with Crippen molar-refractivity contribution in [1.82, 2.24) is 4.90 Å². The topological polar surface area (TPSA) is 20.3 Å². The molecule has 0 aliphatic carbocycles. The highest BCUT2D eigenvalue weighted by atomic mass is 32.1. The first-order valence-corrected chi connectivity index (χ1v) is 7.23. The maximum Gasteiger partial charge on any atom is 0.256 e. The van der Waals surface area contributed by atoms with Gasteiger partial charge in [-0.3, -0.25) is 4.79 Å². The molecular weight excluding hydrogens is 261 g/mol. The molecule has 1 aliphatic heterocycles. The summed E-state index contributed by atoms with van der Waals surface area (Å²) in [6, 6.07) is 8.28. The third kappa shape index (κ3) is 2.54. The number of hydrogen-bond acceptors (Lipinski definition) is 2. The molecular formula is C15H14FNOS. The molecule has 0 atom stereocenters. The van der Waals surface area contributed by atoms with E-state index in [4.69, 9.17) is 0 Å². The summed E-state index contributed by atoms with van der Waals surface area (Å²) in [5.74, 6) is -0.126. The molecule has 0 spiro atoms. The standard InChI is InChI=1S/C15H14FNOS/c16-14-4-2-1-3-13(14)15(18)17-8-12(9-17)7-11-5-6-19-10-11/h1-6,10,12H,7-9H2. The highest BCUT2D eigenvalue weighted by Gasteiger charge is 2.32. The van der Waals surface area contributed by atoms with E-state index < -0.39 is 5.82 Å². The molecule has 1 aromatic heterocycles. The van der Waals surface area contributed by atoms with Crippen LogP contribution in [0.25, 0.3) is 0 Å². The van der Waals surface area contributed by atoms with E-state index in [1.54, 1.807) is 34.4 Å². The zero-order chi connectivity index (χ0) is 13.2. The van der Waals surface area contributed by atoms with Crippen molar-refractivity contribution in [3.63, 3.8) is 0 Å². The molecule has 2 nitrogen and oxygen atoms in total. The van der Waals surface area contributed by atoms with E-state index in [0.29, 0.717) is 5.92 Å². The number of rotatable bonds is 3. The van der Waals surface area contributed by atoms with Crippen molar-refractivity contribution in [2.45, 2.75) is 6.42 Å². The van der Waals surface area contributed by atoms with Crippen molar-refractivity contribution in [3.05, 3.63) is 58.0 Å². The number of amides is 1. The van der Waals surface area contributed by atoms with E-state index in [9.17, 15) is 9.18 Å². The van der Waals surface area contributed by atoms with Gasteiger partial charge in [-0.2, -0.15) is 11.3 Å². The molecule has 3 rings (SSSR count). The van der Waals surface area contributed by atoms with Crippen LogP contribution in [-0.4, -0.2) is 23.9 Å². The molecule has 1 aliphatic rings. The summed E-state index contributed by atoms with van der Waals surface area (Å²) in [4.78, 5) is 13.8. The number of carbonyl (C=O) groups is 1. The van der Waals surface area contributed by atoms with Crippen LogP contribution >= 0.6 is 11.3 Å². The molecule has 19 heavy (non-hydrogen) atoms. The van der Waals surface area contributed by atoms with Gasteiger partial charge in [0.25, 0.3) is 5.91 Å². The van der Waals surface area contributed by atoms with Crippen LogP contribution in [0.5, 0.6) is 0 Å². The molecule has 1 saturated heterocycles. The van der Waals surface area contributed by atoms with E-state index in [-0.39, 0.29) is 11.5 Å². The normalized spacial score (nSPS) is 15.3. The number of thiophene rings is 1. The Labute approximate surface area is 115 Å². The van der Waals surface area contributed by atoms with Gasteiger partial charge in [-0.1, -0.05) is 12.1 Å². The van der Waals surface area contributed by atoms with E-state index in [1.165, 1.54) is 11.6 Å². The van der Waals surface area contributed by atoms with Gasteiger partial charge in [0, 0.05) is 13.1 Å². The predicted molar refractivity (Wildman–Crippen MR) is 73.8 cm³/mol. The molecule has 0 N–H and O–H groups in total. The fourth-order valence-electron chi connectivity index (χ4n) is 2.41. The minimum absolute atomic E-state index is 0.177. The average molecular weight is 275 g/mol. The molecule has 2 heterocycles. The first-order chi connectivity index (χ1) is 9.24. The maximum absolute atomic E-state index is 13.5. The van der Waals surface area contributed by atoms with Crippen LogP contribution in [0, 0.1) is 11.7 Å². The van der Waals surface area contributed by atoms with Crippen LogP contribution in [0.1, 0.15) is 15.9 Å². The van der Waals surface area contributed by atoms with Gasteiger partial charge in [0.15, 0.2) is 0 Å². The van der Waals surface area contributed by atoms with Crippen LogP contribution in [0.3, 0.4) is 0 Å². The molecule has 0 radical (unpaired) electrons. The molecule has 1 amide bonds. The number of nitrogens with zero attached hydrogens (tertiary/aromatic N) is 1. The fraction of sp³-hybridized carbons (Fsp3) is 0.267. The average Bonchev–Trinajstić information content (AvgIpc) is 2.86. The first kappa shape index (κ1) is 12.4. The lowest BCUT2D eigenvalue weighted by Crippen LogP contribution is -2.50. The fourth-order valence-corrected chi connectivity index (χ4v) is 3.09. The molecule has 98 valence electrons. The van der Waals surface area contributed by atoms with Crippen molar-refractivity contribution in [2.24, 2.45) is 5.92 Å². The molecule has 2 aromatic rings. The van der Waals surface area contributed by atoms with Gasteiger partial charge in [-0.25, -0.2) is 4.39 Å². The summed E-state index contributed by atoms with van der Waals surface area (Å²) in [5.41, 5.74) is 1.50. The Balaban J connectivity index is 1.59. The molecule has 0 saturated carbocycles. The lowest BCUT2D eigenvalue weighted by molar-refractivity contribution is 0.0496. The SMILES string of the molecule is O=C(c1ccccc1F)N1CC(Cc2ccsc2)C1. The van der Waals surface area contributed by atoms with Gasteiger partial charge in [-0.15, -0.1) is 0 Å². The molecule has 0 bridgehead atoms. The van der Waals surface area contributed by atoms with E-state index in [1.807, 2.05) is 0 Å². The smallest absolute Gasteiger partial charge is 0.256 e. The summed E-state index contributed by atoms with van der Waals surface area (Å²) < 4.78 is 13.5. The monoisotopic (exact) mass is 275 g/mol. The summed E-state index contributed by atoms with van der Waals surface area (Å²) in [6.07, 6.45) is 1.00. The summed E-state index contributed by atoms with van der Waals surface area (Å²) >= 11 is 1.69. The van der Waals surface area contributed by atoms with E-state index in [2.05, 4.69) is 16.8 Å². The predicted octanol–water partition coefficient (Wildman–Crippen LogP) is 3.20. The van der Waals surface area contributed by atoms with E-state index >= 15 is 0 Å².